The highest BCUT2D eigenvalue weighted by atomic mass is 16.6. The number of Topliss-reactive ketones (excluding diaryl/α,β-unsaturated/α-hetero) is 1. The first kappa shape index (κ1) is 15.8. The van der Waals surface area contributed by atoms with E-state index in [1.54, 1.807) is 6.92 Å². The van der Waals surface area contributed by atoms with Crippen molar-refractivity contribution in [3.05, 3.63) is 0 Å². The van der Waals surface area contributed by atoms with E-state index in [4.69, 9.17) is 9.47 Å². The molecule has 0 aromatic heterocycles. The fraction of sp³-hybridized carbons (Fsp3) is 0.882. The molecule has 124 valence electrons. The van der Waals surface area contributed by atoms with Crippen molar-refractivity contribution in [2.24, 2.45) is 17.8 Å². The number of epoxide rings is 1. The number of carbonyl (C=O) groups is 2. The van der Waals surface area contributed by atoms with Gasteiger partial charge in [-0.1, -0.05) is 0 Å². The van der Waals surface area contributed by atoms with Gasteiger partial charge in [0, 0.05) is 0 Å². The minimum Gasteiger partial charge on any atom is -0.444 e. The molecule has 0 aromatic rings. The van der Waals surface area contributed by atoms with Gasteiger partial charge in [-0.15, -0.1) is 0 Å². The van der Waals surface area contributed by atoms with E-state index in [1.807, 2.05) is 20.8 Å². The zero-order chi connectivity index (χ0) is 16.1. The number of hydrogen-bond donors (Lipinski definition) is 1. The van der Waals surface area contributed by atoms with E-state index >= 15 is 0 Å². The predicted octanol–water partition coefficient (Wildman–Crippen LogP) is 2.67. The van der Waals surface area contributed by atoms with Gasteiger partial charge in [0.2, 0.25) is 0 Å². The highest BCUT2D eigenvalue weighted by Gasteiger charge is 2.52. The van der Waals surface area contributed by atoms with Gasteiger partial charge in [-0.2, -0.15) is 0 Å². The van der Waals surface area contributed by atoms with Crippen molar-refractivity contribution in [3.63, 3.8) is 0 Å². The lowest BCUT2D eigenvalue weighted by Gasteiger charge is -2.26. The summed E-state index contributed by atoms with van der Waals surface area (Å²) in [5.74, 6) is 2.26. The number of alkyl carbamates (subject to hydrolysis) is 1. The molecule has 5 atom stereocenters. The Labute approximate surface area is 132 Å². The molecule has 3 aliphatic rings. The molecule has 1 saturated heterocycles. The lowest BCUT2D eigenvalue weighted by molar-refractivity contribution is -0.126. The standard InChI is InChI=1S/C17H27NO4/c1-16(2,3)22-15(20)18-13(14(19)17(4)9-21-17)7-10-5-11-8-12(11)6-10/h10-13H,5-9H2,1-4H3,(H,18,20)/t10-,11-,12?,13+,17-/m1/s1. The zero-order valence-corrected chi connectivity index (χ0v) is 14.0. The number of carbonyl (C=O) groups excluding carboxylic acids is 2. The van der Waals surface area contributed by atoms with Crippen LogP contribution in [0.3, 0.4) is 0 Å². The smallest absolute Gasteiger partial charge is 0.408 e. The van der Waals surface area contributed by atoms with Crippen LogP contribution in [0, 0.1) is 17.8 Å². The lowest BCUT2D eigenvalue weighted by Crippen LogP contribution is -2.48. The van der Waals surface area contributed by atoms with E-state index in [1.165, 1.54) is 19.3 Å². The number of fused-ring (bicyclic) bond motifs is 1. The van der Waals surface area contributed by atoms with Gasteiger partial charge in [-0.3, -0.25) is 4.79 Å². The second-order valence-electron chi connectivity index (χ2n) is 8.41. The van der Waals surface area contributed by atoms with Crippen LogP contribution in [0.4, 0.5) is 4.79 Å². The SMILES string of the molecule is CC(C)(C)OC(=O)N[C@@H](C[C@H]1CC2C[C@H]2C1)C(=O)[C@@]1(C)CO1. The van der Waals surface area contributed by atoms with E-state index in [9.17, 15) is 9.59 Å². The van der Waals surface area contributed by atoms with Gasteiger partial charge in [0.15, 0.2) is 5.78 Å². The first-order valence-electron chi connectivity index (χ1n) is 8.34. The quantitative estimate of drug-likeness (QED) is 0.793. The second-order valence-corrected chi connectivity index (χ2v) is 8.41. The monoisotopic (exact) mass is 309 g/mol. The molecule has 1 heterocycles. The molecule has 0 radical (unpaired) electrons. The molecule has 0 bridgehead atoms. The highest BCUT2D eigenvalue weighted by Crippen LogP contribution is 2.55. The minimum atomic E-state index is -0.707. The van der Waals surface area contributed by atoms with E-state index in [2.05, 4.69) is 5.32 Å². The predicted molar refractivity (Wildman–Crippen MR) is 81.5 cm³/mol. The molecule has 1 N–H and O–H groups in total. The van der Waals surface area contributed by atoms with Crippen LogP contribution in [-0.2, 0) is 14.3 Å². The molecule has 5 heteroatoms. The van der Waals surface area contributed by atoms with Crippen molar-refractivity contribution in [2.45, 2.75) is 70.6 Å². The van der Waals surface area contributed by atoms with Crippen molar-refractivity contribution < 1.29 is 19.1 Å². The Balaban J connectivity index is 1.60. The van der Waals surface area contributed by atoms with Gasteiger partial charge in [-0.05, 0) is 71.1 Å². The Morgan fingerprint density at radius 2 is 1.86 bits per heavy atom. The molecule has 22 heavy (non-hydrogen) atoms. The van der Waals surface area contributed by atoms with Crippen molar-refractivity contribution in [1.82, 2.24) is 5.32 Å². The molecule has 0 spiro atoms. The third kappa shape index (κ3) is 3.62. The molecular formula is C17H27NO4. The molecule has 0 aromatic carbocycles. The van der Waals surface area contributed by atoms with Gasteiger partial charge in [-0.25, -0.2) is 4.79 Å². The summed E-state index contributed by atoms with van der Waals surface area (Å²) in [5, 5.41) is 2.79. The topological polar surface area (TPSA) is 67.9 Å². The Morgan fingerprint density at radius 3 is 2.36 bits per heavy atom. The minimum absolute atomic E-state index is 0.0149. The summed E-state index contributed by atoms with van der Waals surface area (Å²) < 4.78 is 10.6. The number of hydrogen-bond acceptors (Lipinski definition) is 4. The Hall–Kier alpha value is -1.10. The molecular weight excluding hydrogens is 282 g/mol. The molecule has 1 amide bonds. The molecule has 1 aliphatic heterocycles. The number of rotatable bonds is 5. The number of ether oxygens (including phenoxy) is 2. The largest absolute Gasteiger partial charge is 0.444 e. The van der Waals surface area contributed by atoms with Crippen LogP contribution in [-0.4, -0.2) is 35.7 Å². The average molecular weight is 309 g/mol. The van der Waals surface area contributed by atoms with E-state index in [-0.39, 0.29) is 5.78 Å². The van der Waals surface area contributed by atoms with E-state index in [0.717, 1.165) is 11.8 Å². The molecule has 5 nitrogen and oxygen atoms in total. The maximum absolute atomic E-state index is 12.6. The van der Waals surface area contributed by atoms with Crippen LogP contribution in [0.25, 0.3) is 0 Å². The summed E-state index contributed by atoms with van der Waals surface area (Å²) in [6.07, 6.45) is 3.95. The van der Waals surface area contributed by atoms with Crippen molar-refractivity contribution >= 4 is 11.9 Å². The molecule has 2 saturated carbocycles. The third-order valence-electron chi connectivity index (χ3n) is 5.02. The number of amides is 1. The summed E-state index contributed by atoms with van der Waals surface area (Å²) in [7, 11) is 0. The Kier molecular flexibility index (Phi) is 3.75. The zero-order valence-electron chi connectivity index (χ0n) is 14.0. The summed E-state index contributed by atoms with van der Waals surface area (Å²) in [5.41, 5.74) is -1.27. The van der Waals surface area contributed by atoms with E-state index in [0.29, 0.717) is 18.9 Å². The maximum Gasteiger partial charge on any atom is 0.408 e. The summed E-state index contributed by atoms with van der Waals surface area (Å²) in [6.45, 7) is 7.71. The number of ketones is 1. The van der Waals surface area contributed by atoms with Gasteiger partial charge < -0.3 is 14.8 Å². The average Bonchev–Trinajstić information content (AvgIpc) is 3.26. The van der Waals surface area contributed by atoms with Gasteiger partial charge in [0.25, 0.3) is 0 Å². The molecule has 3 fully saturated rings. The molecule has 1 unspecified atom stereocenters. The van der Waals surface area contributed by atoms with Crippen molar-refractivity contribution in [3.8, 4) is 0 Å². The molecule has 2 aliphatic carbocycles. The van der Waals surface area contributed by atoms with Crippen molar-refractivity contribution in [1.29, 1.82) is 0 Å². The fourth-order valence-electron chi connectivity index (χ4n) is 3.67. The highest BCUT2D eigenvalue weighted by molar-refractivity contribution is 5.95. The summed E-state index contributed by atoms with van der Waals surface area (Å²) in [4.78, 5) is 24.7. The Bertz CT molecular complexity index is 468. The fourth-order valence-corrected chi connectivity index (χ4v) is 3.67. The van der Waals surface area contributed by atoms with Gasteiger partial charge in [0.05, 0.1) is 12.6 Å². The van der Waals surface area contributed by atoms with Crippen molar-refractivity contribution in [2.75, 3.05) is 6.61 Å². The van der Waals surface area contributed by atoms with Crippen LogP contribution in [0.5, 0.6) is 0 Å². The molecule has 3 rings (SSSR count). The van der Waals surface area contributed by atoms with Crippen LogP contribution in [0.15, 0.2) is 0 Å². The third-order valence-corrected chi connectivity index (χ3v) is 5.02. The van der Waals surface area contributed by atoms with Gasteiger partial charge >= 0.3 is 6.09 Å². The normalized spacial score (nSPS) is 37.2. The first-order chi connectivity index (χ1) is 10.2. The first-order valence-corrected chi connectivity index (χ1v) is 8.34. The maximum atomic E-state index is 12.6. The summed E-state index contributed by atoms with van der Waals surface area (Å²) >= 11 is 0. The lowest BCUT2D eigenvalue weighted by atomic mass is 9.89. The second kappa shape index (κ2) is 5.22. The number of nitrogens with one attached hydrogen (secondary N) is 1. The summed E-state index contributed by atoms with van der Waals surface area (Å²) in [6, 6.07) is -0.496. The van der Waals surface area contributed by atoms with E-state index < -0.39 is 23.3 Å². The van der Waals surface area contributed by atoms with Gasteiger partial charge in [0.1, 0.15) is 11.2 Å². The van der Waals surface area contributed by atoms with Crippen LogP contribution < -0.4 is 5.32 Å². The van der Waals surface area contributed by atoms with Crippen LogP contribution in [0.2, 0.25) is 0 Å². The Morgan fingerprint density at radius 1 is 1.27 bits per heavy atom. The van der Waals surface area contributed by atoms with Crippen LogP contribution in [0.1, 0.15) is 53.4 Å². The van der Waals surface area contributed by atoms with Crippen LogP contribution >= 0.6 is 0 Å².